The molecule has 2 unspecified atom stereocenters. The molecule has 1 heterocycles. The van der Waals surface area contributed by atoms with Crippen LogP contribution >= 0.6 is 0 Å². The lowest BCUT2D eigenvalue weighted by Crippen LogP contribution is -2.44. The second-order valence-corrected chi connectivity index (χ2v) is 19.1. The van der Waals surface area contributed by atoms with E-state index in [1.165, 1.54) is 12.1 Å². The maximum atomic E-state index is 13.3. The quantitative estimate of drug-likeness (QED) is 0.350. The number of fused-ring (bicyclic) bond motifs is 1. The SMILES string of the molecule is C=C(C)c1nc2c(c(C3CCCC3)c1C(O)c1ccc(C(F)(F)F)cc1)C(O[Si](C)(C)C(C)(C)C)CC(C)(C)C2. The lowest BCUT2D eigenvalue weighted by Gasteiger charge is -2.45. The molecular formula is C33H46F3NO2Si. The molecule has 1 aromatic heterocycles. The summed E-state index contributed by atoms with van der Waals surface area (Å²) in [6, 6.07) is 4.87. The van der Waals surface area contributed by atoms with Crippen LogP contribution in [0.3, 0.4) is 0 Å². The Morgan fingerprint density at radius 2 is 1.65 bits per heavy atom. The van der Waals surface area contributed by atoms with Crippen LogP contribution in [-0.2, 0) is 17.0 Å². The summed E-state index contributed by atoms with van der Waals surface area (Å²) in [6.07, 6.45) is 0.191. The predicted octanol–water partition coefficient (Wildman–Crippen LogP) is 9.91. The molecular weight excluding hydrogens is 527 g/mol. The molecule has 4 rings (SSSR count). The van der Waals surface area contributed by atoms with Crippen molar-refractivity contribution < 1.29 is 22.7 Å². The zero-order valence-electron chi connectivity index (χ0n) is 25.4. The van der Waals surface area contributed by atoms with E-state index >= 15 is 0 Å². The van der Waals surface area contributed by atoms with Gasteiger partial charge < -0.3 is 9.53 Å². The lowest BCUT2D eigenvalue weighted by atomic mass is 9.70. The van der Waals surface area contributed by atoms with Crippen LogP contribution in [0, 0.1) is 5.41 Å². The molecule has 220 valence electrons. The fourth-order valence-electron chi connectivity index (χ4n) is 6.22. The zero-order chi connectivity index (χ0) is 29.8. The fourth-order valence-corrected chi connectivity index (χ4v) is 7.48. The van der Waals surface area contributed by atoms with Crippen LogP contribution in [0.25, 0.3) is 5.57 Å². The lowest BCUT2D eigenvalue weighted by molar-refractivity contribution is -0.137. The normalized spacial score (nSPS) is 20.9. The largest absolute Gasteiger partial charge is 0.416 e. The Bertz CT molecular complexity index is 1250. The summed E-state index contributed by atoms with van der Waals surface area (Å²) in [5, 5.41) is 11.9. The minimum atomic E-state index is -4.43. The van der Waals surface area contributed by atoms with Gasteiger partial charge in [0.1, 0.15) is 6.10 Å². The van der Waals surface area contributed by atoms with Gasteiger partial charge in [0.15, 0.2) is 8.32 Å². The van der Waals surface area contributed by atoms with E-state index in [1.54, 1.807) is 0 Å². The Balaban J connectivity index is 1.98. The molecule has 1 fully saturated rings. The first kappa shape index (κ1) is 31.0. The number of aromatic nitrogens is 1. The van der Waals surface area contributed by atoms with Crippen molar-refractivity contribution in [1.29, 1.82) is 0 Å². The van der Waals surface area contributed by atoms with E-state index in [0.717, 1.165) is 73.1 Å². The van der Waals surface area contributed by atoms with Gasteiger partial charge in [-0.3, -0.25) is 4.98 Å². The molecule has 2 aliphatic carbocycles. The molecule has 2 atom stereocenters. The number of rotatable bonds is 6. The Morgan fingerprint density at radius 1 is 1.07 bits per heavy atom. The number of hydrogen-bond donors (Lipinski definition) is 1. The fraction of sp³-hybridized carbons (Fsp3) is 0.606. The molecule has 0 spiro atoms. The molecule has 2 aliphatic rings. The van der Waals surface area contributed by atoms with Crippen molar-refractivity contribution in [3.63, 3.8) is 0 Å². The molecule has 3 nitrogen and oxygen atoms in total. The standard InChI is InChI=1S/C33H46F3NO2Si/c1-20(2)29-28(30(38)22-14-16-23(17-15-22)33(34,35)36)26(21-12-10-11-13-21)27-24(37-29)18-32(6,7)19-25(27)39-40(8,9)31(3,4)5/h14-17,21,25,30,38H,1,10-13,18-19H2,2-9H3. The number of alkyl halides is 3. The summed E-state index contributed by atoms with van der Waals surface area (Å²) in [6.45, 7) is 21.9. The van der Waals surface area contributed by atoms with Crippen molar-refractivity contribution >= 4 is 13.9 Å². The number of halogens is 3. The molecule has 1 N–H and O–H groups in total. The highest BCUT2D eigenvalue weighted by molar-refractivity contribution is 6.74. The van der Waals surface area contributed by atoms with Gasteiger partial charge in [-0.1, -0.05) is 66.2 Å². The van der Waals surface area contributed by atoms with Crippen molar-refractivity contribution in [2.24, 2.45) is 5.41 Å². The highest BCUT2D eigenvalue weighted by Crippen LogP contribution is 2.53. The average molecular weight is 574 g/mol. The Labute approximate surface area is 239 Å². The van der Waals surface area contributed by atoms with Crippen molar-refractivity contribution in [3.8, 4) is 0 Å². The van der Waals surface area contributed by atoms with Gasteiger partial charge in [-0.05, 0) is 90.9 Å². The molecule has 7 heteroatoms. The smallest absolute Gasteiger partial charge is 0.410 e. The molecule has 0 radical (unpaired) electrons. The van der Waals surface area contributed by atoms with Gasteiger partial charge in [-0.2, -0.15) is 13.2 Å². The molecule has 40 heavy (non-hydrogen) atoms. The van der Waals surface area contributed by atoms with Crippen LogP contribution in [0.1, 0.15) is 131 Å². The number of pyridine rings is 1. The van der Waals surface area contributed by atoms with Gasteiger partial charge in [-0.15, -0.1) is 0 Å². The van der Waals surface area contributed by atoms with E-state index in [0.29, 0.717) is 16.8 Å². The molecule has 1 aromatic carbocycles. The van der Waals surface area contributed by atoms with Crippen molar-refractivity contribution in [3.05, 3.63) is 70.0 Å². The molecule has 0 saturated heterocycles. The van der Waals surface area contributed by atoms with E-state index in [4.69, 9.17) is 9.41 Å². The number of hydrogen-bond acceptors (Lipinski definition) is 3. The molecule has 0 bridgehead atoms. The topological polar surface area (TPSA) is 42.4 Å². The van der Waals surface area contributed by atoms with Gasteiger partial charge in [-0.25, -0.2) is 0 Å². The van der Waals surface area contributed by atoms with E-state index in [9.17, 15) is 18.3 Å². The van der Waals surface area contributed by atoms with E-state index < -0.39 is 26.2 Å². The highest BCUT2D eigenvalue weighted by Gasteiger charge is 2.45. The first-order valence-corrected chi connectivity index (χ1v) is 17.5. The summed E-state index contributed by atoms with van der Waals surface area (Å²) < 4.78 is 47.1. The monoisotopic (exact) mass is 573 g/mol. The van der Waals surface area contributed by atoms with Crippen LogP contribution < -0.4 is 0 Å². The third-order valence-electron chi connectivity index (χ3n) is 9.34. The maximum absolute atomic E-state index is 13.3. The summed E-state index contributed by atoms with van der Waals surface area (Å²) in [4.78, 5) is 5.18. The Hall–Kier alpha value is -1.96. The van der Waals surface area contributed by atoms with Crippen molar-refractivity contribution in [1.82, 2.24) is 4.98 Å². The van der Waals surface area contributed by atoms with Gasteiger partial charge in [0.05, 0.1) is 17.4 Å². The van der Waals surface area contributed by atoms with E-state index in [-0.39, 0.29) is 22.5 Å². The number of allylic oxidation sites excluding steroid dienone is 1. The Morgan fingerprint density at radius 3 is 2.15 bits per heavy atom. The van der Waals surface area contributed by atoms with Gasteiger partial charge >= 0.3 is 6.18 Å². The third kappa shape index (κ3) is 6.12. The first-order chi connectivity index (χ1) is 18.3. The second kappa shape index (κ2) is 10.7. The summed E-state index contributed by atoms with van der Waals surface area (Å²) in [5.41, 5.74) is 5.02. The molecule has 1 saturated carbocycles. The number of benzene rings is 1. The molecule has 0 aliphatic heterocycles. The zero-order valence-corrected chi connectivity index (χ0v) is 26.4. The van der Waals surface area contributed by atoms with Crippen LogP contribution in [0.4, 0.5) is 13.2 Å². The highest BCUT2D eigenvalue weighted by atomic mass is 28.4. The second-order valence-electron chi connectivity index (χ2n) is 14.3. The third-order valence-corrected chi connectivity index (χ3v) is 13.8. The summed E-state index contributed by atoms with van der Waals surface area (Å²) >= 11 is 0. The van der Waals surface area contributed by atoms with E-state index in [1.807, 2.05) is 6.92 Å². The first-order valence-electron chi connectivity index (χ1n) is 14.6. The summed E-state index contributed by atoms with van der Waals surface area (Å²) in [7, 11) is -2.17. The Kier molecular flexibility index (Phi) is 8.29. The molecule has 0 amide bonds. The van der Waals surface area contributed by atoms with Crippen LogP contribution in [0.2, 0.25) is 18.1 Å². The number of aliphatic hydroxyl groups excluding tert-OH is 1. The van der Waals surface area contributed by atoms with Gasteiger partial charge in [0, 0.05) is 16.8 Å². The average Bonchev–Trinajstić information content (AvgIpc) is 3.35. The van der Waals surface area contributed by atoms with E-state index in [2.05, 4.69) is 54.3 Å². The number of nitrogens with zero attached hydrogens (tertiary/aromatic N) is 1. The van der Waals surface area contributed by atoms with Crippen LogP contribution in [0.5, 0.6) is 0 Å². The minimum absolute atomic E-state index is 0.0140. The molecule has 2 aromatic rings. The van der Waals surface area contributed by atoms with Gasteiger partial charge in [0.2, 0.25) is 0 Å². The van der Waals surface area contributed by atoms with Crippen LogP contribution in [-0.4, -0.2) is 18.4 Å². The van der Waals surface area contributed by atoms with Gasteiger partial charge in [0.25, 0.3) is 0 Å². The minimum Gasteiger partial charge on any atom is -0.410 e. The van der Waals surface area contributed by atoms with Crippen molar-refractivity contribution in [2.45, 2.75) is 123 Å². The van der Waals surface area contributed by atoms with Crippen LogP contribution in [0.15, 0.2) is 30.8 Å². The maximum Gasteiger partial charge on any atom is 0.416 e. The predicted molar refractivity (Wildman–Crippen MR) is 159 cm³/mol. The summed E-state index contributed by atoms with van der Waals surface area (Å²) in [5.74, 6) is 0.237. The van der Waals surface area contributed by atoms with Crippen molar-refractivity contribution in [2.75, 3.05) is 0 Å². The number of aliphatic hydroxyl groups is 1.